The van der Waals surface area contributed by atoms with E-state index in [1.807, 2.05) is 0 Å². The molecule has 3 aliphatic rings. The van der Waals surface area contributed by atoms with Crippen molar-refractivity contribution < 1.29 is 0 Å². The van der Waals surface area contributed by atoms with E-state index >= 15 is 0 Å². The van der Waals surface area contributed by atoms with Gasteiger partial charge in [0, 0.05) is 0 Å². The molecule has 0 unspecified atom stereocenters. The van der Waals surface area contributed by atoms with Crippen molar-refractivity contribution in [2.24, 2.45) is 5.92 Å². The number of hydrogen-bond donors (Lipinski definition) is 0. The first-order valence-electron chi connectivity index (χ1n) is 7.00. The highest BCUT2D eigenvalue weighted by molar-refractivity contribution is 5.58. The van der Waals surface area contributed by atoms with Crippen molar-refractivity contribution in [3.8, 4) is 0 Å². The van der Waals surface area contributed by atoms with Gasteiger partial charge in [-0.05, 0) is 48.0 Å². The minimum atomic E-state index is 0.774. The van der Waals surface area contributed by atoms with E-state index < -0.39 is 0 Å². The fraction of sp³-hybridized carbons (Fsp3) is 0.333. The zero-order valence-electron chi connectivity index (χ0n) is 11.0. The lowest BCUT2D eigenvalue weighted by molar-refractivity contribution is 0.652. The summed E-state index contributed by atoms with van der Waals surface area (Å²) < 4.78 is 0. The van der Waals surface area contributed by atoms with Gasteiger partial charge in [0.05, 0.1) is 0 Å². The lowest BCUT2D eigenvalue weighted by Gasteiger charge is -2.14. The molecule has 0 atom stereocenters. The molecule has 18 heavy (non-hydrogen) atoms. The maximum Gasteiger partial charge on any atom is -0.0159 e. The Kier molecular flexibility index (Phi) is 3.19. The second-order valence-electron chi connectivity index (χ2n) is 5.42. The Bertz CT molecular complexity index is 512. The van der Waals surface area contributed by atoms with Crippen molar-refractivity contribution in [1.82, 2.24) is 0 Å². The van der Waals surface area contributed by atoms with Crippen molar-refractivity contribution in [2.45, 2.75) is 32.6 Å². The largest absolute Gasteiger partial charge is 0.0620 e. The molecule has 3 rings (SSSR count). The Hall–Kier alpha value is -1.56. The van der Waals surface area contributed by atoms with Gasteiger partial charge >= 0.3 is 0 Å². The van der Waals surface area contributed by atoms with Crippen LogP contribution in [0.3, 0.4) is 0 Å². The molecule has 0 aromatic rings. The van der Waals surface area contributed by atoms with Gasteiger partial charge in [-0.15, -0.1) is 0 Å². The second kappa shape index (κ2) is 4.97. The Morgan fingerprint density at radius 1 is 0.889 bits per heavy atom. The van der Waals surface area contributed by atoms with Gasteiger partial charge in [-0.1, -0.05) is 61.4 Å². The molecule has 0 radical (unpaired) electrons. The Balaban J connectivity index is 2.04. The summed E-state index contributed by atoms with van der Waals surface area (Å²) in [5.74, 6) is 0.774. The SMILES string of the molecule is CC1=C(C2CCCC2)C=C2C=CC=C2C=CC=C1. The molecule has 0 nitrogen and oxygen atoms in total. The van der Waals surface area contributed by atoms with Gasteiger partial charge in [0.25, 0.3) is 0 Å². The van der Waals surface area contributed by atoms with Crippen LogP contribution in [0.2, 0.25) is 0 Å². The quantitative estimate of drug-likeness (QED) is 0.598. The van der Waals surface area contributed by atoms with Crippen molar-refractivity contribution in [1.29, 1.82) is 0 Å². The van der Waals surface area contributed by atoms with E-state index in [2.05, 4.69) is 55.5 Å². The van der Waals surface area contributed by atoms with Gasteiger partial charge in [0.1, 0.15) is 0 Å². The summed E-state index contributed by atoms with van der Waals surface area (Å²) in [5, 5.41) is 0. The molecule has 1 fully saturated rings. The van der Waals surface area contributed by atoms with E-state index in [1.165, 1.54) is 42.4 Å². The summed E-state index contributed by atoms with van der Waals surface area (Å²) in [6.07, 6.45) is 23.3. The molecule has 3 aliphatic carbocycles. The first kappa shape index (κ1) is 11.5. The predicted molar refractivity (Wildman–Crippen MR) is 78.2 cm³/mol. The van der Waals surface area contributed by atoms with Gasteiger partial charge in [-0.25, -0.2) is 0 Å². The van der Waals surface area contributed by atoms with Crippen LogP contribution in [0.15, 0.2) is 70.9 Å². The topological polar surface area (TPSA) is 0 Å². The molecule has 0 bridgehead atoms. The van der Waals surface area contributed by atoms with Crippen LogP contribution in [0.4, 0.5) is 0 Å². The highest BCUT2D eigenvalue weighted by Gasteiger charge is 2.20. The number of hydrogen-bond acceptors (Lipinski definition) is 0. The molecule has 0 saturated heterocycles. The van der Waals surface area contributed by atoms with Crippen molar-refractivity contribution in [2.75, 3.05) is 0 Å². The summed E-state index contributed by atoms with van der Waals surface area (Å²) >= 11 is 0. The van der Waals surface area contributed by atoms with Crippen LogP contribution < -0.4 is 0 Å². The molecule has 0 heteroatoms. The second-order valence-corrected chi connectivity index (χ2v) is 5.42. The number of allylic oxidation sites excluding steroid dienone is 12. The summed E-state index contributed by atoms with van der Waals surface area (Å²) in [6, 6.07) is 0. The van der Waals surface area contributed by atoms with E-state index in [4.69, 9.17) is 0 Å². The van der Waals surface area contributed by atoms with Crippen LogP contribution in [-0.2, 0) is 0 Å². The van der Waals surface area contributed by atoms with Crippen LogP contribution in [-0.4, -0.2) is 0 Å². The molecule has 0 aromatic carbocycles. The Morgan fingerprint density at radius 2 is 1.61 bits per heavy atom. The van der Waals surface area contributed by atoms with Gasteiger partial charge in [0.15, 0.2) is 0 Å². The van der Waals surface area contributed by atoms with Crippen molar-refractivity contribution in [3.05, 3.63) is 70.9 Å². The average molecular weight is 236 g/mol. The smallest absolute Gasteiger partial charge is 0.0159 e. The third kappa shape index (κ3) is 2.20. The average Bonchev–Trinajstić information content (AvgIpc) is 3.01. The van der Waals surface area contributed by atoms with Crippen LogP contribution in [0.25, 0.3) is 0 Å². The molecule has 92 valence electrons. The van der Waals surface area contributed by atoms with E-state index in [1.54, 1.807) is 5.57 Å². The van der Waals surface area contributed by atoms with Crippen molar-refractivity contribution in [3.63, 3.8) is 0 Å². The zero-order chi connectivity index (χ0) is 12.4. The van der Waals surface area contributed by atoms with Gasteiger partial charge in [0.2, 0.25) is 0 Å². The molecule has 0 N–H and O–H groups in total. The summed E-state index contributed by atoms with van der Waals surface area (Å²) in [4.78, 5) is 0. The molecule has 0 amide bonds. The highest BCUT2D eigenvalue weighted by atomic mass is 14.2. The Morgan fingerprint density at radius 3 is 2.44 bits per heavy atom. The van der Waals surface area contributed by atoms with Crippen LogP contribution >= 0.6 is 0 Å². The minimum Gasteiger partial charge on any atom is -0.0620 e. The fourth-order valence-electron chi connectivity index (χ4n) is 3.14. The zero-order valence-corrected chi connectivity index (χ0v) is 11.0. The molecule has 0 spiro atoms. The van der Waals surface area contributed by atoms with Gasteiger partial charge in [-0.2, -0.15) is 0 Å². The first-order valence-corrected chi connectivity index (χ1v) is 7.00. The number of fused-ring (bicyclic) bond motifs is 1. The summed E-state index contributed by atoms with van der Waals surface area (Å²) in [7, 11) is 0. The van der Waals surface area contributed by atoms with Crippen molar-refractivity contribution >= 4 is 0 Å². The lowest BCUT2D eigenvalue weighted by atomic mass is 9.90. The Labute approximate surface area is 110 Å². The normalized spacial score (nSPS) is 23.6. The lowest BCUT2D eigenvalue weighted by Crippen LogP contribution is -1.99. The monoisotopic (exact) mass is 236 g/mol. The highest BCUT2D eigenvalue weighted by Crippen LogP contribution is 2.36. The first-order chi connectivity index (χ1) is 8.84. The van der Waals surface area contributed by atoms with E-state index in [-0.39, 0.29) is 0 Å². The molecular weight excluding hydrogens is 216 g/mol. The standard InChI is InChI=1S/C18H20/c1-14-7-2-3-8-15-11-6-12-17(15)13-18(14)16-9-4-5-10-16/h2-3,6-8,11-13,16H,4-5,9-10H2,1H3. The van der Waals surface area contributed by atoms with Crippen LogP contribution in [0.1, 0.15) is 32.6 Å². The van der Waals surface area contributed by atoms with E-state index in [0.717, 1.165) is 5.92 Å². The minimum absolute atomic E-state index is 0.774. The van der Waals surface area contributed by atoms with E-state index in [9.17, 15) is 0 Å². The summed E-state index contributed by atoms with van der Waals surface area (Å²) in [6.45, 7) is 2.25. The van der Waals surface area contributed by atoms with Crippen LogP contribution in [0, 0.1) is 5.92 Å². The molecule has 1 saturated carbocycles. The maximum absolute atomic E-state index is 2.42. The molecule has 0 aliphatic heterocycles. The van der Waals surface area contributed by atoms with E-state index in [0.29, 0.717) is 0 Å². The number of rotatable bonds is 1. The molecule has 0 heterocycles. The molecular formula is C18H20. The fourth-order valence-corrected chi connectivity index (χ4v) is 3.14. The van der Waals surface area contributed by atoms with Gasteiger partial charge in [-0.3, -0.25) is 0 Å². The van der Waals surface area contributed by atoms with Gasteiger partial charge < -0.3 is 0 Å². The maximum atomic E-state index is 2.42. The third-order valence-corrected chi connectivity index (χ3v) is 4.18. The summed E-state index contributed by atoms with van der Waals surface area (Å²) in [5.41, 5.74) is 5.70. The molecule has 0 aromatic heterocycles. The third-order valence-electron chi connectivity index (χ3n) is 4.18. The van der Waals surface area contributed by atoms with Crippen LogP contribution in [0.5, 0.6) is 0 Å². The predicted octanol–water partition coefficient (Wildman–Crippen LogP) is 5.04.